The van der Waals surface area contributed by atoms with E-state index in [0.717, 1.165) is 36.3 Å². The molecule has 0 unspecified atom stereocenters. The van der Waals surface area contributed by atoms with E-state index in [4.69, 9.17) is 0 Å². The molecule has 115 valence electrons. The molecule has 22 heavy (non-hydrogen) atoms. The Bertz CT molecular complexity index is 668. The van der Waals surface area contributed by atoms with Crippen LogP contribution in [-0.2, 0) is 11.5 Å². The first-order valence-corrected chi connectivity index (χ1v) is 6.86. The fourth-order valence-corrected chi connectivity index (χ4v) is 2.69. The van der Waals surface area contributed by atoms with Crippen molar-refractivity contribution in [1.29, 1.82) is 0 Å². The van der Waals surface area contributed by atoms with Crippen LogP contribution in [0.25, 0.3) is 0 Å². The number of nitrogens with zero attached hydrogens (tertiary/aromatic N) is 1. The molecule has 2 aromatic carbocycles. The monoisotopic (exact) mass is 308 g/mol. The highest BCUT2D eigenvalue weighted by Gasteiger charge is 2.31. The van der Waals surface area contributed by atoms with Gasteiger partial charge in [-0.2, -0.15) is 0 Å². The third-order valence-corrected chi connectivity index (χ3v) is 3.59. The highest BCUT2D eigenvalue weighted by molar-refractivity contribution is 5.70. The zero-order valence-corrected chi connectivity index (χ0v) is 11.6. The maximum atomic E-state index is 12.2. The molecule has 1 heterocycles. The zero-order valence-electron chi connectivity index (χ0n) is 11.6. The number of hydrogen-bond donors (Lipinski definition) is 0. The minimum Gasteiger partial charge on any atom is -0.406 e. The van der Waals surface area contributed by atoms with Gasteiger partial charge in [-0.1, -0.05) is 6.07 Å². The van der Waals surface area contributed by atoms with Crippen molar-refractivity contribution < 1.29 is 23.0 Å². The average molecular weight is 308 g/mol. The molecule has 0 N–H and O–H groups in total. The second-order valence-electron chi connectivity index (χ2n) is 5.05. The summed E-state index contributed by atoms with van der Waals surface area (Å²) in [6.07, 6.45) is -3.15. The minimum absolute atomic E-state index is 0.000718. The van der Waals surface area contributed by atoms with Crippen LogP contribution in [0.1, 0.15) is 12.0 Å². The third kappa shape index (κ3) is 2.95. The molecule has 0 spiro atoms. The summed E-state index contributed by atoms with van der Waals surface area (Å²) in [5.41, 5.74) is 2.31. The highest BCUT2D eigenvalue weighted by atomic mass is 19.4. The van der Waals surface area contributed by atoms with Crippen molar-refractivity contribution in [3.8, 4) is 11.5 Å². The summed E-state index contributed by atoms with van der Waals surface area (Å²) in [6, 6.07) is 10.8. The van der Waals surface area contributed by atoms with Gasteiger partial charge in [0.15, 0.2) is 5.75 Å². The predicted octanol–water partition coefficient (Wildman–Crippen LogP) is 4.81. The highest BCUT2D eigenvalue weighted by Crippen LogP contribution is 2.38. The molecular weight excluding hydrogens is 295 g/mol. The molecule has 1 aliphatic heterocycles. The Balaban J connectivity index is 1.89. The Morgan fingerprint density at radius 1 is 1.05 bits per heavy atom. The van der Waals surface area contributed by atoms with Crippen LogP contribution in [-0.4, -0.2) is 12.9 Å². The van der Waals surface area contributed by atoms with Gasteiger partial charge in [-0.05, 0) is 49.2 Å². The van der Waals surface area contributed by atoms with Crippen LogP contribution in [0.15, 0.2) is 42.5 Å². The van der Waals surface area contributed by atoms with E-state index in [1.807, 2.05) is 11.0 Å². The van der Waals surface area contributed by atoms with Gasteiger partial charge in [-0.15, -0.1) is 13.2 Å². The summed E-state index contributed by atoms with van der Waals surface area (Å²) >= 11 is 0. The Hall–Kier alpha value is -2.37. The first-order chi connectivity index (χ1) is 10.4. The van der Waals surface area contributed by atoms with Gasteiger partial charge in [0.1, 0.15) is 5.75 Å². The molecule has 3 nitrogen and oxygen atoms in total. The van der Waals surface area contributed by atoms with Crippen molar-refractivity contribution in [1.82, 2.24) is 0 Å². The quantitative estimate of drug-likeness (QED) is 0.797. The normalized spacial score (nSPS) is 14.6. The number of ether oxygens (including phenoxy) is 1. The maximum absolute atomic E-state index is 12.2. The second kappa shape index (κ2) is 5.44. The molecule has 2 aromatic rings. The number of anilines is 2. The van der Waals surface area contributed by atoms with E-state index in [2.05, 4.69) is 4.74 Å². The summed E-state index contributed by atoms with van der Waals surface area (Å²) in [6.45, 7) is 0.718. The SMILES string of the molecule is [O]c1cccc2c1CCCN2c1ccc(OC(F)(F)F)cc1. The molecule has 0 aliphatic carbocycles. The summed E-state index contributed by atoms with van der Waals surface area (Å²) in [4.78, 5) is 1.94. The Morgan fingerprint density at radius 3 is 2.45 bits per heavy atom. The Labute approximate surface area is 125 Å². The van der Waals surface area contributed by atoms with Crippen LogP contribution in [0.4, 0.5) is 24.5 Å². The van der Waals surface area contributed by atoms with Crippen molar-refractivity contribution in [2.24, 2.45) is 0 Å². The van der Waals surface area contributed by atoms with Gasteiger partial charge in [0.25, 0.3) is 0 Å². The number of hydrogen-bond acceptors (Lipinski definition) is 2. The molecule has 6 heteroatoms. The van der Waals surface area contributed by atoms with Crippen molar-refractivity contribution >= 4 is 11.4 Å². The number of alkyl halides is 3. The summed E-state index contributed by atoms with van der Waals surface area (Å²) in [5, 5.41) is 11.9. The average Bonchev–Trinajstić information content (AvgIpc) is 2.46. The van der Waals surface area contributed by atoms with Crippen molar-refractivity contribution in [2.75, 3.05) is 11.4 Å². The summed E-state index contributed by atoms with van der Waals surface area (Å²) in [5.74, 6) is -0.259. The molecule has 0 aromatic heterocycles. The molecule has 0 saturated carbocycles. The Morgan fingerprint density at radius 2 is 1.77 bits per heavy atom. The van der Waals surface area contributed by atoms with Crippen LogP contribution < -0.4 is 9.64 Å². The van der Waals surface area contributed by atoms with E-state index in [9.17, 15) is 18.3 Å². The Kier molecular flexibility index (Phi) is 3.60. The fourth-order valence-electron chi connectivity index (χ4n) is 2.69. The first kappa shape index (κ1) is 14.6. The van der Waals surface area contributed by atoms with Crippen LogP contribution in [0, 0.1) is 0 Å². The van der Waals surface area contributed by atoms with Crippen LogP contribution in [0.5, 0.6) is 11.5 Å². The lowest BCUT2D eigenvalue weighted by molar-refractivity contribution is -0.274. The van der Waals surface area contributed by atoms with E-state index in [1.165, 1.54) is 18.2 Å². The topological polar surface area (TPSA) is 32.4 Å². The zero-order chi connectivity index (χ0) is 15.7. The maximum Gasteiger partial charge on any atom is 0.573 e. The van der Waals surface area contributed by atoms with Crippen LogP contribution in [0.2, 0.25) is 0 Å². The van der Waals surface area contributed by atoms with Gasteiger partial charge >= 0.3 is 6.36 Å². The van der Waals surface area contributed by atoms with Crippen molar-refractivity contribution in [3.05, 3.63) is 48.0 Å². The van der Waals surface area contributed by atoms with E-state index in [1.54, 1.807) is 18.2 Å². The predicted molar refractivity (Wildman–Crippen MR) is 75.0 cm³/mol. The molecule has 0 atom stereocenters. The van der Waals surface area contributed by atoms with Gasteiger partial charge < -0.3 is 9.64 Å². The van der Waals surface area contributed by atoms with Gasteiger partial charge in [0.05, 0.1) is 0 Å². The lowest BCUT2D eigenvalue weighted by atomic mass is 10.00. The number of halogens is 3. The number of fused-ring (bicyclic) bond motifs is 1. The molecule has 1 radical (unpaired) electrons. The van der Waals surface area contributed by atoms with E-state index >= 15 is 0 Å². The molecule has 3 rings (SSSR count). The largest absolute Gasteiger partial charge is 0.573 e. The standard InChI is InChI=1S/C16H13F3NO2/c17-16(18,19)22-12-8-6-11(7-9-12)20-10-2-3-13-14(20)4-1-5-15(13)21/h1,4-9H,2-3,10H2. The number of benzene rings is 2. The van der Waals surface area contributed by atoms with Crippen LogP contribution >= 0.6 is 0 Å². The molecule has 0 bridgehead atoms. The molecule has 0 saturated heterocycles. The molecule has 0 fully saturated rings. The molecule has 1 aliphatic rings. The smallest absolute Gasteiger partial charge is 0.406 e. The van der Waals surface area contributed by atoms with E-state index < -0.39 is 6.36 Å². The second-order valence-corrected chi connectivity index (χ2v) is 5.05. The third-order valence-electron chi connectivity index (χ3n) is 3.59. The van der Waals surface area contributed by atoms with Gasteiger partial charge in [-0.3, -0.25) is 5.11 Å². The van der Waals surface area contributed by atoms with Gasteiger partial charge in [-0.25, -0.2) is 0 Å². The summed E-state index contributed by atoms with van der Waals surface area (Å²) in [7, 11) is 0. The van der Waals surface area contributed by atoms with Gasteiger partial charge in [0, 0.05) is 23.5 Å². The lowest BCUT2D eigenvalue weighted by Crippen LogP contribution is -2.24. The van der Waals surface area contributed by atoms with Crippen molar-refractivity contribution in [3.63, 3.8) is 0 Å². The first-order valence-electron chi connectivity index (χ1n) is 6.86. The molecular formula is C16H13F3NO2. The van der Waals surface area contributed by atoms with Crippen LogP contribution in [0.3, 0.4) is 0 Å². The molecule has 0 amide bonds. The summed E-state index contributed by atoms with van der Waals surface area (Å²) < 4.78 is 40.4. The van der Waals surface area contributed by atoms with E-state index in [-0.39, 0.29) is 11.5 Å². The number of rotatable bonds is 2. The van der Waals surface area contributed by atoms with Crippen molar-refractivity contribution in [2.45, 2.75) is 19.2 Å². The lowest BCUT2D eigenvalue weighted by Gasteiger charge is -2.31. The minimum atomic E-state index is -4.70. The van der Waals surface area contributed by atoms with Gasteiger partial charge in [0.2, 0.25) is 0 Å². The fraction of sp³-hybridized carbons (Fsp3) is 0.250. The van der Waals surface area contributed by atoms with E-state index in [0.29, 0.717) is 0 Å².